The fourth-order valence-electron chi connectivity index (χ4n) is 3.29. The van der Waals surface area contributed by atoms with Gasteiger partial charge in [0.1, 0.15) is 19.7 Å². The van der Waals surface area contributed by atoms with E-state index in [-0.39, 0.29) is 5.25 Å². The van der Waals surface area contributed by atoms with Gasteiger partial charge < -0.3 is 5.73 Å². The molecule has 1 aliphatic rings. The first kappa shape index (κ1) is 17.0. The van der Waals surface area contributed by atoms with E-state index in [2.05, 4.69) is 23.2 Å². The summed E-state index contributed by atoms with van der Waals surface area (Å²) >= 11 is 3.03. The predicted octanol–water partition coefficient (Wildman–Crippen LogP) is 5.33. The number of pyridine rings is 1. The summed E-state index contributed by atoms with van der Waals surface area (Å²) < 4.78 is 13.8. The summed E-state index contributed by atoms with van der Waals surface area (Å²) in [7, 11) is -1.05. The summed E-state index contributed by atoms with van der Waals surface area (Å²) in [6, 6.07) is 12.2. The Bertz CT molecular complexity index is 1130. The molecular weight excluding hydrogens is 394 g/mol. The number of anilines is 1. The van der Waals surface area contributed by atoms with E-state index in [0.29, 0.717) is 5.69 Å². The maximum atomic E-state index is 13.0. The minimum absolute atomic E-state index is 0.235. The van der Waals surface area contributed by atoms with E-state index >= 15 is 0 Å². The van der Waals surface area contributed by atoms with E-state index in [1.807, 2.05) is 23.6 Å². The average Bonchev–Trinajstić information content (AvgIpc) is 3.29. The first-order valence-electron chi connectivity index (χ1n) is 8.81. The summed E-state index contributed by atoms with van der Waals surface area (Å²) in [6.45, 7) is 0. The second kappa shape index (κ2) is 6.82. The van der Waals surface area contributed by atoms with Crippen molar-refractivity contribution in [1.29, 1.82) is 0 Å². The highest BCUT2D eigenvalue weighted by Crippen LogP contribution is 2.44. The van der Waals surface area contributed by atoms with Gasteiger partial charge in [0.15, 0.2) is 0 Å². The molecule has 4 aromatic rings. The molecule has 0 amide bonds. The number of thiophene rings is 1. The fraction of sp³-hybridized carbons (Fsp3) is 0.200. The van der Waals surface area contributed by atoms with Crippen molar-refractivity contribution in [2.45, 2.75) is 28.7 Å². The van der Waals surface area contributed by atoms with Gasteiger partial charge in [0, 0.05) is 22.2 Å². The minimum Gasteiger partial charge on any atom is -0.396 e. The van der Waals surface area contributed by atoms with E-state index in [1.54, 1.807) is 17.5 Å². The molecule has 0 radical (unpaired) electrons. The molecule has 1 aromatic carbocycles. The Morgan fingerprint density at radius 1 is 1.19 bits per heavy atom. The SMILES string of the molecule is Nc1c(S(=O)C2CCC2)sc2nc(-c3nccs3)cc(-c3ccccc3)c12. The molecule has 27 heavy (non-hydrogen) atoms. The zero-order chi connectivity index (χ0) is 18.4. The summed E-state index contributed by atoms with van der Waals surface area (Å²) in [5, 5.41) is 3.97. The van der Waals surface area contributed by atoms with Crippen molar-refractivity contribution in [3.8, 4) is 21.8 Å². The van der Waals surface area contributed by atoms with E-state index in [9.17, 15) is 4.21 Å². The van der Waals surface area contributed by atoms with Gasteiger partial charge in [-0.1, -0.05) is 36.8 Å². The number of aromatic nitrogens is 2. The number of benzene rings is 1. The van der Waals surface area contributed by atoms with Crippen LogP contribution in [0.2, 0.25) is 0 Å². The second-order valence-electron chi connectivity index (χ2n) is 6.59. The third-order valence-electron chi connectivity index (χ3n) is 4.94. The van der Waals surface area contributed by atoms with Gasteiger partial charge in [0.2, 0.25) is 0 Å². The number of nitrogens with two attached hydrogens (primary N) is 1. The molecule has 4 nitrogen and oxygen atoms in total. The molecule has 1 atom stereocenters. The summed E-state index contributed by atoms with van der Waals surface area (Å²) in [6.07, 6.45) is 4.98. The largest absolute Gasteiger partial charge is 0.396 e. The maximum Gasteiger partial charge on any atom is 0.141 e. The number of hydrogen-bond donors (Lipinski definition) is 1. The fourth-order valence-corrected chi connectivity index (χ4v) is 7.10. The zero-order valence-electron chi connectivity index (χ0n) is 14.4. The molecule has 0 bridgehead atoms. The first-order valence-corrected chi connectivity index (χ1v) is 11.7. The molecule has 2 N–H and O–H groups in total. The van der Waals surface area contributed by atoms with Gasteiger partial charge in [-0.3, -0.25) is 4.21 Å². The molecular formula is C20H17N3OS3. The van der Waals surface area contributed by atoms with Crippen molar-refractivity contribution in [1.82, 2.24) is 9.97 Å². The highest BCUT2D eigenvalue weighted by Gasteiger charge is 2.29. The topological polar surface area (TPSA) is 68.9 Å². The van der Waals surface area contributed by atoms with Gasteiger partial charge in [-0.15, -0.1) is 22.7 Å². The van der Waals surface area contributed by atoms with Crippen LogP contribution in [-0.2, 0) is 10.8 Å². The van der Waals surface area contributed by atoms with Crippen molar-refractivity contribution < 1.29 is 4.21 Å². The molecule has 1 saturated carbocycles. The number of thiazole rings is 1. The Hall–Kier alpha value is -2.09. The van der Waals surface area contributed by atoms with E-state index in [1.165, 1.54) is 11.3 Å². The Morgan fingerprint density at radius 2 is 2.00 bits per heavy atom. The second-order valence-corrected chi connectivity index (χ2v) is 10.4. The van der Waals surface area contributed by atoms with Crippen molar-refractivity contribution in [3.63, 3.8) is 0 Å². The molecule has 3 aromatic heterocycles. The molecule has 7 heteroatoms. The van der Waals surface area contributed by atoms with Crippen LogP contribution < -0.4 is 5.73 Å². The van der Waals surface area contributed by atoms with Gasteiger partial charge in [-0.25, -0.2) is 9.97 Å². The molecule has 5 rings (SSSR count). The Kier molecular flexibility index (Phi) is 4.30. The smallest absolute Gasteiger partial charge is 0.141 e. The van der Waals surface area contributed by atoms with Crippen LogP contribution in [0.25, 0.3) is 32.0 Å². The zero-order valence-corrected chi connectivity index (χ0v) is 16.9. The molecule has 1 unspecified atom stereocenters. The number of nitrogen functional groups attached to an aromatic ring is 1. The van der Waals surface area contributed by atoms with Gasteiger partial charge in [-0.2, -0.15) is 0 Å². The highest BCUT2D eigenvalue weighted by molar-refractivity contribution is 7.88. The average molecular weight is 412 g/mol. The standard InChI is InChI=1S/C20H17N3OS3/c21-17-16-14(12-5-2-1-3-6-12)11-15(18-22-9-10-25-18)23-19(16)26-20(17)27(24)13-7-4-8-13/h1-3,5-6,9-11,13H,4,7-8,21H2. The minimum atomic E-state index is -1.05. The van der Waals surface area contributed by atoms with Crippen molar-refractivity contribution in [2.75, 3.05) is 5.73 Å². The third-order valence-corrected chi connectivity index (χ3v) is 9.03. The number of fused-ring (bicyclic) bond motifs is 1. The number of rotatable bonds is 4. The predicted molar refractivity (Wildman–Crippen MR) is 115 cm³/mol. The van der Waals surface area contributed by atoms with Gasteiger partial charge >= 0.3 is 0 Å². The van der Waals surface area contributed by atoms with E-state index < -0.39 is 10.8 Å². The van der Waals surface area contributed by atoms with E-state index in [4.69, 9.17) is 10.7 Å². The number of nitrogens with zero attached hydrogens (tertiary/aromatic N) is 2. The Balaban J connectivity index is 1.76. The van der Waals surface area contributed by atoms with Crippen LogP contribution >= 0.6 is 22.7 Å². The van der Waals surface area contributed by atoms with Crippen LogP contribution in [0.15, 0.2) is 52.2 Å². The van der Waals surface area contributed by atoms with Crippen molar-refractivity contribution >= 4 is 49.4 Å². The maximum absolute atomic E-state index is 13.0. The van der Waals surface area contributed by atoms with Crippen molar-refractivity contribution in [2.24, 2.45) is 0 Å². The van der Waals surface area contributed by atoms with Crippen LogP contribution in [0.3, 0.4) is 0 Å². The normalized spacial score (nSPS) is 15.7. The molecule has 0 aliphatic heterocycles. The van der Waals surface area contributed by atoms with Gasteiger partial charge in [0.05, 0.1) is 16.5 Å². The first-order chi connectivity index (χ1) is 13.2. The molecule has 1 aliphatic carbocycles. The lowest BCUT2D eigenvalue weighted by Crippen LogP contribution is -2.23. The van der Waals surface area contributed by atoms with Crippen LogP contribution in [-0.4, -0.2) is 19.4 Å². The lowest BCUT2D eigenvalue weighted by Gasteiger charge is -2.23. The summed E-state index contributed by atoms with van der Waals surface area (Å²) in [5.41, 5.74) is 10.1. The van der Waals surface area contributed by atoms with Crippen LogP contribution in [0, 0.1) is 0 Å². The van der Waals surface area contributed by atoms with E-state index in [0.717, 1.165) is 55.5 Å². The van der Waals surface area contributed by atoms with Gasteiger partial charge in [-0.05, 0) is 30.0 Å². The Morgan fingerprint density at radius 3 is 2.67 bits per heavy atom. The molecule has 1 fully saturated rings. The lowest BCUT2D eigenvalue weighted by molar-refractivity contribution is 0.505. The summed E-state index contributed by atoms with van der Waals surface area (Å²) in [5.74, 6) is 0. The molecule has 3 heterocycles. The van der Waals surface area contributed by atoms with Crippen LogP contribution in [0.1, 0.15) is 19.3 Å². The molecule has 0 spiro atoms. The van der Waals surface area contributed by atoms with Crippen molar-refractivity contribution in [3.05, 3.63) is 48.0 Å². The Labute approximate surface area is 167 Å². The monoisotopic (exact) mass is 411 g/mol. The van der Waals surface area contributed by atoms with Crippen LogP contribution in [0.5, 0.6) is 0 Å². The lowest BCUT2D eigenvalue weighted by atomic mass is 10.00. The molecule has 136 valence electrons. The third kappa shape index (κ3) is 2.90. The quantitative estimate of drug-likeness (QED) is 0.493. The van der Waals surface area contributed by atoms with Crippen LogP contribution in [0.4, 0.5) is 5.69 Å². The number of hydrogen-bond acceptors (Lipinski definition) is 6. The molecule has 0 saturated heterocycles. The summed E-state index contributed by atoms with van der Waals surface area (Å²) in [4.78, 5) is 10.1. The highest BCUT2D eigenvalue weighted by atomic mass is 32.2. The van der Waals surface area contributed by atoms with Gasteiger partial charge in [0.25, 0.3) is 0 Å².